The molecule has 1 fully saturated rings. The Balaban J connectivity index is 1.85. The van der Waals surface area contributed by atoms with Crippen LogP contribution >= 0.6 is 0 Å². The lowest BCUT2D eigenvalue weighted by atomic mass is 9.90. The number of piperidine rings is 1. The van der Waals surface area contributed by atoms with Gasteiger partial charge in [0.15, 0.2) is 0 Å². The molecule has 1 aliphatic heterocycles. The third kappa shape index (κ3) is 2.86. The van der Waals surface area contributed by atoms with Crippen molar-refractivity contribution in [2.24, 2.45) is 11.8 Å². The number of para-hydroxylation sites is 1. The summed E-state index contributed by atoms with van der Waals surface area (Å²) in [5, 5.41) is 15.2. The first-order valence-electron chi connectivity index (χ1n) is 7.98. The molecule has 0 aliphatic carbocycles. The van der Waals surface area contributed by atoms with E-state index in [-0.39, 0.29) is 5.92 Å². The second-order valence-electron chi connectivity index (χ2n) is 6.35. The number of aromatic nitrogens is 2. The number of carboxylic acids is 1. The molecule has 1 saturated heterocycles. The molecule has 0 radical (unpaired) electrons. The van der Waals surface area contributed by atoms with Gasteiger partial charge >= 0.3 is 5.97 Å². The van der Waals surface area contributed by atoms with E-state index in [0.29, 0.717) is 12.5 Å². The molecule has 2 aromatic rings. The van der Waals surface area contributed by atoms with Crippen LogP contribution in [-0.4, -0.2) is 38.8 Å². The summed E-state index contributed by atoms with van der Waals surface area (Å²) >= 11 is 0. The molecule has 2 unspecified atom stereocenters. The van der Waals surface area contributed by atoms with Crippen molar-refractivity contribution in [3.63, 3.8) is 0 Å². The predicted molar refractivity (Wildman–Crippen MR) is 85.6 cm³/mol. The maximum atomic E-state index is 11.3. The number of aryl methyl sites for hydroxylation is 1. The highest BCUT2D eigenvalue weighted by Crippen LogP contribution is 2.25. The van der Waals surface area contributed by atoms with Crippen molar-refractivity contribution in [3.8, 4) is 0 Å². The number of likely N-dealkylation sites (tertiary alicyclic amines) is 1. The number of benzene rings is 1. The molecular weight excluding hydrogens is 278 g/mol. The monoisotopic (exact) mass is 301 g/mol. The molecule has 1 aliphatic rings. The molecule has 2 heterocycles. The van der Waals surface area contributed by atoms with Crippen LogP contribution < -0.4 is 0 Å². The minimum atomic E-state index is -0.680. The van der Waals surface area contributed by atoms with Crippen LogP contribution in [0.2, 0.25) is 0 Å². The van der Waals surface area contributed by atoms with Gasteiger partial charge in [0.2, 0.25) is 0 Å². The number of hydrogen-bond acceptors (Lipinski definition) is 3. The van der Waals surface area contributed by atoms with E-state index in [1.165, 1.54) is 5.39 Å². The molecule has 0 bridgehead atoms. The predicted octanol–water partition coefficient (Wildman–Crippen LogP) is 2.60. The van der Waals surface area contributed by atoms with Crippen molar-refractivity contribution in [3.05, 3.63) is 30.0 Å². The van der Waals surface area contributed by atoms with Crippen LogP contribution in [0.15, 0.2) is 24.3 Å². The number of rotatable bonds is 4. The molecular formula is C17H23N3O2. The van der Waals surface area contributed by atoms with Gasteiger partial charge in [0, 0.05) is 31.6 Å². The van der Waals surface area contributed by atoms with Gasteiger partial charge in [-0.15, -0.1) is 0 Å². The minimum absolute atomic E-state index is 0.261. The van der Waals surface area contributed by atoms with Crippen LogP contribution in [0.5, 0.6) is 0 Å². The fourth-order valence-electron chi connectivity index (χ4n) is 3.54. The third-order valence-corrected chi connectivity index (χ3v) is 4.49. The fraction of sp³-hybridized carbons (Fsp3) is 0.529. The Morgan fingerprint density at radius 2 is 2.14 bits per heavy atom. The molecule has 1 aromatic heterocycles. The fourth-order valence-corrected chi connectivity index (χ4v) is 3.54. The SMILES string of the molecule is CCn1nc(CN2CC(C)CC(C(=O)O)C2)c2ccccc21. The number of fused-ring (bicyclic) bond motifs is 1. The molecule has 118 valence electrons. The quantitative estimate of drug-likeness (QED) is 0.943. The summed E-state index contributed by atoms with van der Waals surface area (Å²) in [6, 6.07) is 8.26. The van der Waals surface area contributed by atoms with Gasteiger partial charge in [-0.25, -0.2) is 0 Å². The summed E-state index contributed by atoms with van der Waals surface area (Å²) in [6.45, 7) is 7.35. The average molecular weight is 301 g/mol. The third-order valence-electron chi connectivity index (χ3n) is 4.49. The van der Waals surface area contributed by atoms with E-state index in [4.69, 9.17) is 5.10 Å². The average Bonchev–Trinajstić information content (AvgIpc) is 2.85. The zero-order valence-corrected chi connectivity index (χ0v) is 13.2. The van der Waals surface area contributed by atoms with Crippen molar-refractivity contribution < 1.29 is 9.90 Å². The Morgan fingerprint density at radius 3 is 2.86 bits per heavy atom. The van der Waals surface area contributed by atoms with Crippen molar-refractivity contribution in [2.45, 2.75) is 33.4 Å². The summed E-state index contributed by atoms with van der Waals surface area (Å²) in [7, 11) is 0. The highest BCUT2D eigenvalue weighted by molar-refractivity contribution is 5.81. The van der Waals surface area contributed by atoms with Crippen LogP contribution in [0.25, 0.3) is 10.9 Å². The zero-order chi connectivity index (χ0) is 15.7. The van der Waals surface area contributed by atoms with Crippen LogP contribution in [0, 0.1) is 11.8 Å². The van der Waals surface area contributed by atoms with E-state index < -0.39 is 5.97 Å². The van der Waals surface area contributed by atoms with Crippen LogP contribution in [-0.2, 0) is 17.9 Å². The highest BCUT2D eigenvalue weighted by Gasteiger charge is 2.30. The molecule has 5 heteroatoms. The topological polar surface area (TPSA) is 58.4 Å². The summed E-state index contributed by atoms with van der Waals surface area (Å²) in [5.41, 5.74) is 2.20. The van der Waals surface area contributed by atoms with Gasteiger partial charge in [-0.1, -0.05) is 25.1 Å². The Kier molecular flexibility index (Phi) is 4.16. The van der Waals surface area contributed by atoms with Crippen LogP contribution in [0.3, 0.4) is 0 Å². The first-order valence-corrected chi connectivity index (χ1v) is 7.98. The first kappa shape index (κ1) is 15.0. The Morgan fingerprint density at radius 1 is 1.36 bits per heavy atom. The normalized spacial score (nSPS) is 23.0. The Bertz CT molecular complexity index is 680. The van der Waals surface area contributed by atoms with Gasteiger partial charge in [-0.2, -0.15) is 5.10 Å². The molecule has 22 heavy (non-hydrogen) atoms. The second kappa shape index (κ2) is 6.08. The summed E-state index contributed by atoms with van der Waals surface area (Å²) in [5.74, 6) is -0.529. The van der Waals surface area contributed by atoms with Gasteiger partial charge < -0.3 is 5.11 Å². The number of carboxylic acid groups (broad SMARTS) is 1. The summed E-state index contributed by atoms with van der Waals surface area (Å²) < 4.78 is 2.02. The summed E-state index contributed by atoms with van der Waals surface area (Å²) in [6.07, 6.45) is 0.774. The lowest BCUT2D eigenvalue weighted by Crippen LogP contribution is -2.42. The Labute approximate surface area is 130 Å². The van der Waals surface area contributed by atoms with Gasteiger partial charge in [0.05, 0.1) is 17.1 Å². The van der Waals surface area contributed by atoms with E-state index in [1.807, 2.05) is 16.8 Å². The maximum absolute atomic E-state index is 11.3. The minimum Gasteiger partial charge on any atom is -0.481 e. The smallest absolute Gasteiger partial charge is 0.307 e. The van der Waals surface area contributed by atoms with Gasteiger partial charge in [0.25, 0.3) is 0 Å². The number of nitrogens with zero attached hydrogens (tertiary/aromatic N) is 3. The lowest BCUT2D eigenvalue weighted by Gasteiger charge is -2.34. The van der Waals surface area contributed by atoms with Crippen LogP contribution in [0.1, 0.15) is 26.0 Å². The number of carbonyl (C=O) groups is 1. The van der Waals surface area contributed by atoms with Crippen molar-refractivity contribution in [2.75, 3.05) is 13.1 Å². The van der Waals surface area contributed by atoms with E-state index in [2.05, 4.69) is 30.9 Å². The first-order chi connectivity index (χ1) is 10.6. The van der Waals surface area contributed by atoms with Gasteiger partial charge in [-0.05, 0) is 25.3 Å². The largest absolute Gasteiger partial charge is 0.481 e. The van der Waals surface area contributed by atoms with Gasteiger partial charge in [-0.3, -0.25) is 14.4 Å². The summed E-state index contributed by atoms with van der Waals surface area (Å²) in [4.78, 5) is 13.6. The van der Waals surface area contributed by atoms with E-state index in [1.54, 1.807) is 0 Å². The molecule has 0 spiro atoms. The van der Waals surface area contributed by atoms with Crippen molar-refractivity contribution in [1.82, 2.24) is 14.7 Å². The molecule has 1 aromatic carbocycles. The molecule has 2 atom stereocenters. The number of hydrogen-bond donors (Lipinski definition) is 1. The highest BCUT2D eigenvalue weighted by atomic mass is 16.4. The van der Waals surface area contributed by atoms with Crippen molar-refractivity contribution >= 4 is 16.9 Å². The molecule has 3 rings (SSSR count). The van der Waals surface area contributed by atoms with E-state index in [9.17, 15) is 9.90 Å². The second-order valence-corrected chi connectivity index (χ2v) is 6.35. The Hall–Kier alpha value is -1.88. The van der Waals surface area contributed by atoms with Crippen molar-refractivity contribution in [1.29, 1.82) is 0 Å². The maximum Gasteiger partial charge on any atom is 0.307 e. The van der Waals surface area contributed by atoms with Gasteiger partial charge in [0.1, 0.15) is 0 Å². The zero-order valence-electron chi connectivity index (χ0n) is 13.2. The molecule has 5 nitrogen and oxygen atoms in total. The molecule has 0 saturated carbocycles. The van der Waals surface area contributed by atoms with Crippen LogP contribution in [0.4, 0.5) is 0 Å². The van der Waals surface area contributed by atoms with E-state index in [0.717, 1.165) is 37.3 Å². The molecule has 1 N–H and O–H groups in total. The lowest BCUT2D eigenvalue weighted by molar-refractivity contribution is -0.144. The molecule has 0 amide bonds. The number of aliphatic carboxylic acids is 1. The van der Waals surface area contributed by atoms with E-state index >= 15 is 0 Å². The standard InChI is InChI=1S/C17H23N3O2/c1-3-20-16-7-5-4-6-14(16)15(18-20)11-19-9-12(2)8-13(10-19)17(21)22/h4-7,12-13H,3,8-11H2,1-2H3,(H,21,22).